The number of halogens is 4. The number of amides is 1. The smallest absolute Gasteiger partial charge is 0.435 e. The molecule has 0 saturated carbocycles. The minimum absolute atomic E-state index is 0.0765. The summed E-state index contributed by atoms with van der Waals surface area (Å²) in [5, 5.41) is 7.03. The molecule has 3 aromatic rings. The number of carbonyl (C=O) groups is 2. The summed E-state index contributed by atoms with van der Waals surface area (Å²) in [7, 11) is 0. The van der Waals surface area contributed by atoms with Gasteiger partial charge in [0.05, 0.1) is 17.9 Å². The fraction of sp³-hybridized carbons (Fsp3) is 0.318. The first kappa shape index (κ1) is 24.1. The van der Waals surface area contributed by atoms with E-state index in [9.17, 15) is 27.2 Å². The lowest BCUT2D eigenvalue weighted by atomic mass is 10.2. The Kier molecular flexibility index (Phi) is 6.67. The van der Waals surface area contributed by atoms with Crippen LogP contribution in [0.1, 0.15) is 33.5 Å². The van der Waals surface area contributed by atoms with Gasteiger partial charge in [-0.2, -0.15) is 13.2 Å². The van der Waals surface area contributed by atoms with E-state index in [1.165, 1.54) is 11.1 Å². The molecule has 9 nitrogen and oxygen atoms in total. The van der Waals surface area contributed by atoms with E-state index in [1.54, 1.807) is 19.1 Å². The average Bonchev–Trinajstić information content (AvgIpc) is 3.30. The molecule has 184 valence electrons. The molecule has 1 fully saturated rings. The lowest BCUT2D eigenvalue weighted by Gasteiger charge is -2.35. The van der Waals surface area contributed by atoms with Crippen LogP contribution in [0.25, 0.3) is 5.69 Å². The Labute approximate surface area is 196 Å². The molecule has 35 heavy (non-hydrogen) atoms. The minimum Gasteiger partial charge on any atom is -0.462 e. The lowest BCUT2D eigenvalue weighted by molar-refractivity contribution is -0.143. The number of pyridine rings is 1. The number of benzene rings is 1. The van der Waals surface area contributed by atoms with Crippen molar-refractivity contribution in [2.45, 2.75) is 13.1 Å². The van der Waals surface area contributed by atoms with Crippen LogP contribution in [0.4, 0.5) is 23.4 Å². The Hall–Kier alpha value is -4.03. The summed E-state index contributed by atoms with van der Waals surface area (Å²) in [4.78, 5) is 32.1. The maximum atomic E-state index is 13.9. The number of nitrogens with zero attached hydrogens (tertiary/aromatic N) is 6. The molecule has 0 N–H and O–H groups in total. The van der Waals surface area contributed by atoms with Crippen molar-refractivity contribution in [1.29, 1.82) is 0 Å². The average molecular weight is 492 g/mol. The van der Waals surface area contributed by atoms with Gasteiger partial charge in [-0.05, 0) is 43.3 Å². The summed E-state index contributed by atoms with van der Waals surface area (Å²) >= 11 is 0. The number of rotatable bonds is 5. The van der Waals surface area contributed by atoms with Gasteiger partial charge in [0.25, 0.3) is 5.91 Å². The van der Waals surface area contributed by atoms with Crippen LogP contribution < -0.4 is 4.90 Å². The van der Waals surface area contributed by atoms with E-state index in [1.807, 2.05) is 4.90 Å². The van der Waals surface area contributed by atoms with Crippen molar-refractivity contribution in [2.24, 2.45) is 0 Å². The van der Waals surface area contributed by atoms with Gasteiger partial charge in [0.2, 0.25) is 0 Å². The summed E-state index contributed by atoms with van der Waals surface area (Å²) in [5.41, 5.74) is -1.93. The van der Waals surface area contributed by atoms with Gasteiger partial charge >= 0.3 is 12.1 Å². The maximum Gasteiger partial charge on any atom is 0.435 e. The first-order chi connectivity index (χ1) is 16.7. The minimum atomic E-state index is -4.92. The number of carbonyl (C=O) groups excluding carboxylic acids is 2. The molecule has 1 aliphatic heterocycles. The van der Waals surface area contributed by atoms with E-state index >= 15 is 0 Å². The van der Waals surface area contributed by atoms with Crippen molar-refractivity contribution in [1.82, 2.24) is 24.9 Å². The Morgan fingerprint density at radius 1 is 1.03 bits per heavy atom. The number of hydrogen-bond acceptors (Lipinski definition) is 7. The Morgan fingerprint density at radius 2 is 1.71 bits per heavy atom. The van der Waals surface area contributed by atoms with Crippen LogP contribution in [0, 0.1) is 5.82 Å². The highest BCUT2D eigenvalue weighted by Gasteiger charge is 2.43. The molecule has 0 atom stereocenters. The maximum absolute atomic E-state index is 13.9. The SMILES string of the molecule is CCOC(=O)c1ccc(N2CCN(C(=O)c3nnn(-c4ccc(F)cc4)c3C(F)(F)F)CC2)nc1. The molecule has 0 spiro atoms. The van der Waals surface area contributed by atoms with Gasteiger partial charge in [-0.3, -0.25) is 4.79 Å². The molecule has 3 heterocycles. The standard InChI is InChI=1S/C22H20F4N6O3/c1-2-35-21(34)14-3-8-17(27-13-14)30-9-11-31(12-10-30)20(33)18-19(22(24,25)26)32(29-28-18)16-6-4-15(23)5-7-16/h3-8,13H,2,9-12H2,1H3. The zero-order chi connectivity index (χ0) is 25.2. The highest BCUT2D eigenvalue weighted by Crippen LogP contribution is 2.33. The predicted molar refractivity (Wildman–Crippen MR) is 115 cm³/mol. The van der Waals surface area contributed by atoms with Crippen LogP contribution in [-0.2, 0) is 10.9 Å². The normalized spacial score (nSPS) is 14.2. The summed E-state index contributed by atoms with van der Waals surface area (Å²) in [6.07, 6.45) is -3.54. The molecule has 1 saturated heterocycles. The lowest BCUT2D eigenvalue weighted by Crippen LogP contribution is -2.49. The van der Waals surface area contributed by atoms with Crippen molar-refractivity contribution >= 4 is 17.7 Å². The van der Waals surface area contributed by atoms with Crippen molar-refractivity contribution in [3.05, 3.63) is 65.4 Å². The monoisotopic (exact) mass is 492 g/mol. The molecule has 1 aromatic carbocycles. The molecular formula is C22H20F4N6O3. The van der Waals surface area contributed by atoms with Crippen molar-refractivity contribution in [2.75, 3.05) is 37.7 Å². The Balaban J connectivity index is 1.49. The molecule has 4 rings (SSSR count). The third-order valence-electron chi connectivity index (χ3n) is 5.36. The number of piperazine rings is 1. The van der Waals surface area contributed by atoms with E-state index in [0.29, 0.717) is 29.2 Å². The zero-order valence-electron chi connectivity index (χ0n) is 18.5. The number of hydrogen-bond donors (Lipinski definition) is 0. The molecular weight excluding hydrogens is 472 g/mol. The summed E-state index contributed by atoms with van der Waals surface area (Å²) in [6.45, 7) is 2.81. The van der Waals surface area contributed by atoms with E-state index in [-0.39, 0.29) is 25.4 Å². The molecule has 0 unspecified atom stereocenters. The molecule has 0 bridgehead atoms. The Morgan fingerprint density at radius 3 is 2.29 bits per heavy atom. The van der Waals surface area contributed by atoms with Crippen molar-refractivity contribution in [3.8, 4) is 5.69 Å². The van der Waals surface area contributed by atoms with Crippen LogP contribution in [-0.4, -0.2) is 69.5 Å². The van der Waals surface area contributed by atoms with Crippen molar-refractivity contribution in [3.63, 3.8) is 0 Å². The second-order valence-electron chi connectivity index (χ2n) is 7.58. The highest BCUT2D eigenvalue weighted by atomic mass is 19.4. The molecule has 1 amide bonds. The van der Waals surface area contributed by atoms with Crippen LogP contribution in [0.2, 0.25) is 0 Å². The van der Waals surface area contributed by atoms with Crippen LogP contribution in [0.15, 0.2) is 42.6 Å². The topological polar surface area (TPSA) is 93.5 Å². The van der Waals surface area contributed by atoms with Crippen molar-refractivity contribution < 1.29 is 31.9 Å². The molecule has 1 aliphatic rings. The van der Waals surface area contributed by atoms with Gasteiger partial charge in [-0.15, -0.1) is 5.10 Å². The van der Waals surface area contributed by atoms with E-state index in [4.69, 9.17) is 4.74 Å². The summed E-state index contributed by atoms with van der Waals surface area (Å²) in [5.74, 6) is -1.46. The summed E-state index contributed by atoms with van der Waals surface area (Å²) < 4.78 is 60.2. The van der Waals surface area contributed by atoms with E-state index in [2.05, 4.69) is 15.3 Å². The third-order valence-corrected chi connectivity index (χ3v) is 5.36. The second kappa shape index (κ2) is 9.68. The fourth-order valence-corrected chi connectivity index (χ4v) is 3.64. The first-order valence-corrected chi connectivity index (χ1v) is 10.6. The van der Waals surface area contributed by atoms with Gasteiger partial charge in [-0.25, -0.2) is 18.9 Å². The third kappa shape index (κ3) is 5.08. The predicted octanol–water partition coefficient (Wildman–Crippen LogP) is 2.96. The number of anilines is 1. The quantitative estimate of drug-likeness (QED) is 0.399. The summed E-state index contributed by atoms with van der Waals surface area (Å²) in [6, 6.07) is 7.43. The van der Waals surface area contributed by atoms with Gasteiger partial charge in [0.1, 0.15) is 11.6 Å². The van der Waals surface area contributed by atoms with Gasteiger partial charge in [0.15, 0.2) is 11.4 Å². The van der Waals surface area contributed by atoms with E-state index < -0.39 is 35.3 Å². The highest BCUT2D eigenvalue weighted by molar-refractivity contribution is 5.94. The molecule has 0 radical (unpaired) electrons. The molecule has 2 aromatic heterocycles. The molecule has 13 heteroatoms. The van der Waals surface area contributed by atoms with Gasteiger partial charge in [0, 0.05) is 32.4 Å². The zero-order valence-corrected chi connectivity index (χ0v) is 18.5. The second-order valence-corrected chi connectivity index (χ2v) is 7.58. The number of alkyl halides is 3. The van der Waals surface area contributed by atoms with Crippen LogP contribution >= 0.6 is 0 Å². The van der Waals surface area contributed by atoms with Crippen LogP contribution in [0.5, 0.6) is 0 Å². The van der Waals surface area contributed by atoms with Gasteiger partial charge < -0.3 is 14.5 Å². The Bertz CT molecular complexity index is 1200. The largest absolute Gasteiger partial charge is 0.462 e. The fourth-order valence-electron chi connectivity index (χ4n) is 3.64. The van der Waals surface area contributed by atoms with E-state index in [0.717, 1.165) is 24.3 Å². The number of ether oxygens (including phenoxy) is 1. The number of esters is 1. The molecule has 0 aliphatic carbocycles. The first-order valence-electron chi connectivity index (χ1n) is 10.6. The van der Waals surface area contributed by atoms with Crippen LogP contribution in [0.3, 0.4) is 0 Å². The van der Waals surface area contributed by atoms with Gasteiger partial charge in [-0.1, -0.05) is 5.21 Å². The number of aromatic nitrogens is 4.